The average molecular weight is 287 g/mol. The summed E-state index contributed by atoms with van der Waals surface area (Å²) < 4.78 is 0. The van der Waals surface area contributed by atoms with E-state index >= 15 is 0 Å². The van der Waals surface area contributed by atoms with Gasteiger partial charge in [0.1, 0.15) is 0 Å². The summed E-state index contributed by atoms with van der Waals surface area (Å²) in [7, 11) is 0. The minimum Gasteiger partial charge on any atom is -0.329 e. The molecule has 0 radical (unpaired) electrons. The first-order valence-corrected chi connectivity index (χ1v) is 8.08. The van der Waals surface area contributed by atoms with E-state index in [-0.39, 0.29) is 0 Å². The maximum absolute atomic E-state index is 6.03. The van der Waals surface area contributed by atoms with Crippen molar-refractivity contribution in [2.75, 3.05) is 19.6 Å². The van der Waals surface area contributed by atoms with Crippen LogP contribution in [0.1, 0.15) is 44.0 Å². The molecule has 4 heteroatoms. The molecule has 1 aliphatic heterocycles. The van der Waals surface area contributed by atoms with Crippen molar-refractivity contribution in [1.82, 2.24) is 4.90 Å². The molecule has 2 N–H and O–H groups in total. The third-order valence-electron chi connectivity index (χ3n) is 4.55. The Balaban J connectivity index is 2.11. The van der Waals surface area contributed by atoms with Gasteiger partial charge in [-0.05, 0) is 37.3 Å². The molecular formula is C14H23ClN2S. The zero-order valence-electron chi connectivity index (χ0n) is 11.3. The zero-order valence-corrected chi connectivity index (χ0v) is 12.9. The smallest absolute Gasteiger partial charge is 0.0565 e. The summed E-state index contributed by atoms with van der Waals surface area (Å²) in [5, 5.41) is 2.84. The number of likely N-dealkylation sites (tertiary alicyclic amines) is 1. The van der Waals surface area contributed by atoms with Gasteiger partial charge in [-0.15, -0.1) is 11.3 Å². The van der Waals surface area contributed by atoms with Crippen molar-refractivity contribution in [3.63, 3.8) is 0 Å². The zero-order chi connectivity index (χ0) is 13.2. The normalized spacial score (nSPS) is 21.3. The van der Waals surface area contributed by atoms with Crippen LogP contribution in [-0.2, 0) is 0 Å². The fraction of sp³-hybridized carbons (Fsp3) is 0.714. The van der Waals surface area contributed by atoms with Gasteiger partial charge in [-0.3, -0.25) is 4.90 Å². The number of halogens is 1. The number of hydrogen-bond acceptors (Lipinski definition) is 3. The Labute approximate surface area is 119 Å². The highest BCUT2D eigenvalue weighted by molar-refractivity contribution is 7.10. The number of nitrogens with two attached hydrogens (primary N) is 1. The summed E-state index contributed by atoms with van der Waals surface area (Å²) in [5.74, 6) is 0. The summed E-state index contributed by atoms with van der Waals surface area (Å²) >= 11 is 7.76. The average Bonchev–Trinajstić information content (AvgIpc) is 2.99. The lowest BCUT2D eigenvalue weighted by atomic mass is 9.82. The molecule has 0 bridgehead atoms. The third-order valence-corrected chi connectivity index (χ3v) is 5.93. The summed E-state index contributed by atoms with van der Waals surface area (Å²) in [4.78, 5) is 3.86. The largest absolute Gasteiger partial charge is 0.329 e. The van der Waals surface area contributed by atoms with Gasteiger partial charge in [-0.25, -0.2) is 0 Å². The van der Waals surface area contributed by atoms with Crippen molar-refractivity contribution in [3.05, 3.63) is 21.3 Å². The van der Waals surface area contributed by atoms with Crippen LogP contribution in [0.2, 0.25) is 5.02 Å². The quantitative estimate of drug-likeness (QED) is 0.889. The van der Waals surface area contributed by atoms with Crippen LogP contribution in [0.4, 0.5) is 0 Å². The highest BCUT2D eigenvalue weighted by Gasteiger charge is 2.38. The summed E-state index contributed by atoms with van der Waals surface area (Å²) in [6.45, 7) is 7.65. The Morgan fingerprint density at radius 1 is 1.50 bits per heavy atom. The van der Waals surface area contributed by atoms with Gasteiger partial charge >= 0.3 is 0 Å². The molecule has 2 heterocycles. The molecule has 1 aromatic heterocycles. The van der Waals surface area contributed by atoms with Gasteiger partial charge in [-0.2, -0.15) is 0 Å². The predicted molar refractivity (Wildman–Crippen MR) is 80.3 cm³/mol. The fourth-order valence-corrected chi connectivity index (χ4v) is 4.24. The van der Waals surface area contributed by atoms with Crippen molar-refractivity contribution >= 4 is 22.9 Å². The maximum Gasteiger partial charge on any atom is 0.0565 e. The van der Waals surface area contributed by atoms with Crippen LogP contribution in [0.15, 0.2) is 11.4 Å². The molecule has 1 atom stereocenters. The standard InChI is InChI=1S/C14H23ClN2S/c1-3-14(4-2)5-6-17(10-14)12(8-16)13-7-11(15)9-18-13/h7,9,12H,3-6,8,10,16H2,1-2H3. The lowest BCUT2D eigenvalue weighted by molar-refractivity contribution is 0.199. The molecule has 18 heavy (non-hydrogen) atoms. The van der Waals surface area contributed by atoms with Crippen LogP contribution in [0.3, 0.4) is 0 Å². The Morgan fingerprint density at radius 3 is 2.67 bits per heavy atom. The van der Waals surface area contributed by atoms with Crippen molar-refractivity contribution in [3.8, 4) is 0 Å². The van der Waals surface area contributed by atoms with Crippen LogP contribution in [0.5, 0.6) is 0 Å². The number of rotatable bonds is 5. The first-order valence-electron chi connectivity index (χ1n) is 6.82. The Hall–Kier alpha value is -0.0900. The molecule has 2 rings (SSSR count). The van der Waals surface area contributed by atoms with Crippen molar-refractivity contribution in [2.24, 2.45) is 11.1 Å². The number of hydrogen-bond donors (Lipinski definition) is 1. The molecule has 0 amide bonds. The topological polar surface area (TPSA) is 29.3 Å². The molecule has 0 spiro atoms. The lowest BCUT2D eigenvalue weighted by Crippen LogP contribution is -2.33. The van der Waals surface area contributed by atoms with Crippen LogP contribution < -0.4 is 5.73 Å². The monoisotopic (exact) mass is 286 g/mol. The molecule has 2 nitrogen and oxygen atoms in total. The summed E-state index contributed by atoms with van der Waals surface area (Å²) in [6.07, 6.45) is 3.83. The molecule has 102 valence electrons. The van der Waals surface area contributed by atoms with Gasteiger partial charge in [0.05, 0.1) is 11.1 Å². The third kappa shape index (κ3) is 2.74. The van der Waals surface area contributed by atoms with Crippen molar-refractivity contribution < 1.29 is 0 Å². The molecule has 1 saturated heterocycles. The minimum atomic E-state index is 0.350. The SMILES string of the molecule is CCC1(CC)CCN(C(CN)c2cc(Cl)cs2)C1. The van der Waals surface area contributed by atoms with E-state index in [0.717, 1.165) is 5.02 Å². The van der Waals surface area contributed by atoms with E-state index < -0.39 is 0 Å². The van der Waals surface area contributed by atoms with E-state index in [1.807, 2.05) is 5.38 Å². The predicted octanol–water partition coefficient (Wildman–Crippen LogP) is 3.91. The second-order valence-corrected chi connectivity index (χ2v) is 6.73. The van der Waals surface area contributed by atoms with Crippen molar-refractivity contribution in [1.29, 1.82) is 0 Å². The van der Waals surface area contributed by atoms with Gasteiger partial charge < -0.3 is 5.73 Å². The Kier molecular flexibility index (Phi) is 4.70. The molecule has 1 fully saturated rings. The molecule has 1 aromatic rings. The van der Waals surface area contributed by atoms with E-state index in [1.54, 1.807) is 11.3 Å². The summed E-state index contributed by atoms with van der Waals surface area (Å²) in [5.41, 5.74) is 6.50. The second kappa shape index (κ2) is 5.91. The highest BCUT2D eigenvalue weighted by atomic mass is 35.5. The molecule has 1 unspecified atom stereocenters. The van der Waals surface area contributed by atoms with Crippen LogP contribution in [0.25, 0.3) is 0 Å². The maximum atomic E-state index is 6.03. The van der Waals surface area contributed by atoms with Gasteiger partial charge in [0.15, 0.2) is 0 Å². The Bertz CT molecular complexity index is 387. The van der Waals surface area contributed by atoms with E-state index in [0.29, 0.717) is 18.0 Å². The fourth-order valence-electron chi connectivity index (χ4n) is 3.01. The number of thiophene rings is 1. The van der Waals surface area contributed by atoms with E-state index in [4.69, 9.17) is 17.3 Å². The molecule has 0 saturated carbocycles. The van der Waals surface area contributed by atoms with Crippen LogP contribution in [-0.4, -0.2) is 24.5 Å². The van der Waals surface area contributed by atoms with Gasteiger partial charge in [-0.1, -0.05) is 25.4 Å². The van der Waals surface area contributed by atoms with E-state index in [2.05, 4.69) is 24.8 Å². The van der Waals surface area contributed by atoms with Gasteiger partial charge in [0.25, 0.3) is 0 Å². The first kappa shape index (κ1) is 14.3. The van der Waals surface area contributed by atoms with Crippen molar-refractivity contribution in [2.45, 2.75) is 39.2 Å². The number of nitrogens with zero attached hydrogens (tertiary/aromatic N) is 1. The summed E-state index contributed by atoms with van der Waals surface area (Å²) in [6, 6.07) is 2.42. The van der Waals surface area contributed by atoms with Crippen LogP contribution in [0, 0.1) is 5.41 Å². The second-order valence-electron chi connectivity index (χ2n) is 5.35. The Morgan fingerprint density at radius 2 is 2.22 bits per heavy atom. The minimum absolute atomic E-state index is 0.350. The van der Waals surface area contributed by atoms with Crippen LogP contribution >= 0.6 is 22.9 Å². The molecule has 0 aromatic carbocycles. The van der Waals surface area contributed by atoms with Gasteiger partial charge in [0.2, 0.25) is 0 Å². The van der Waals surface area contributed by atoms with E-state index in [9.17, 15) is 0 Å². The highest BCUT2D eigenvalue weighted by Crippen LogP contribution is 2.41. The molecular weight excluding hydrogens is 264 g/mol. The van der Waals surface area contributed by atoms with Gasteiger partial charge in [0, 0.05) is 23.3 Å². The lowest BCUT2D eigenvalue weighted by Gasteiger charge is -2.30. The first-order chi connectivity index (χ1) is 8.64. The molecule has 1 aliphatic rings. The molecule has 0 aliphatic carbocycles. The van der Waals surface area contributed by atoms with E-state index in [1.165, 1.54) is 37.2 Å².